The summed E-state index contributed by atoms with van der Waals surface area (Å²) in [7, 11) is 0. The molecular weight excluding hydrogens is 703 g/mol. The van der Waals surface area contributed by atoms with Gasteiger partial charge in [0.05, 0.1) is 22.4 Å². The second-order valence-electron chi connectivity index (χ2n) is 15.1. The topological polar surface area (TPSA) is 38.7 Å². The van der Waals surface area contributed by atoms with Crippen molar-refractivity contribution in [2.75, 3.05) is 0 Å². The number of hydrogen-bond acceptors (Lipinski definition) is 3. The van der Waals surface area contributed by atoms with Crippen LogP contribution in [0.15, 0.2) is 200 Å². The van der Waals surface area contributed by atoms with E-state index in [0.717, 1.165) is 60.5 Å². The van der Waals surface area contributed by atoms with Crippen molar-refractivity contribution in [1.29, 1.82) is 0 Å². The second-order valence-corrected chi connectivity index (χ2v) is 15.1. The Hall–Kier alpha value is -7.75. The van der Waals surface area contributed by atoms with Gasteiger partial charge in [-0.1, -0.05) is 182 Å². The number of rotatable bonds is 4. The Balaban J connectivity index is 1.02. The Morgan fingerprint density at radius 1 is 0.259 bits per heavy atom. The number of hydrogen-bond donors (Lipinski definition) is 0. The molecular formula is C55H33N3. The van der Waals surface area contributed by atoms with Crippen molar-refractivity contribution in [3.63, 3.8) is 0 Å². The lowest BCUT2D eigenvalue weighted by Gasteiger charge is -2.18. The van der Waals surface area contributed by atoms with Gasteiger partial charge < -0.3 is 0 Å². The molecule has 0 amide bonds. The normalized spacial score (nSPS) is 11.8. The summed E-state index contributed by atoms with van der Waals surface area (Å²) in [6, 6.07) is 71.7. The predicted molar refractivity (Wildman–Crippen MR) is 244 cm³/mol. The summed E-state index contributed by atoms with van der Waals surface area (Å²) in [5.41, 5.74) is 11.3. The van der Waals surface area contributed by atoms with Crippen LogP contribution in [0.1, 0.15) is 0 Å². The Morgan fingerprint density at radius 3 is 1.47 bits per heavy atom. The first-order valence-corrected chi connectivity index (χ1v) is 19.8. The van der Waals surface area contributed by atoms with Crippen molar-refractivity contribution in [2.45, 2.75) is 0 Å². The standard InChI is InChI=1S/C55H33N3/c1-2-13-35(14-3-1)50-43-17-7-9-19-45(43)51(46-20-10-8-18-44(46)50)36-23-25-37(26-24-36)52-47-21-11-6-16-42(47)48-33-41-29-27-38-30-31-49(56-53(38)54(41)58-55(48)57-52)40-28-22-34-12-4-5-15-39(34)32-40/h1-33H. The zero-order chi connectivity index (χ0) is 38.2. The minimum Gasteiger partial charge on any atom is -0.245 e. The lowest BCUT2D eigenvalue weighted by atomic mass is 9.86. The zero-order valence-electron chi connectivity index (χ0n) is 31.4. The molecule has 3 nitrogen and oxygen atoms in total. The molecule has 12 aromatic rings. The average Bonchev–Trinajstić information content (AvgIpc) is 3.30. The molecule has 0 saturated carbocycles. The largest absolute Gasteiger partial charge is 0.245 e. The van der Waals surface area contributed by atoms with Gasteiger partial charge in [-0.25, -0.2) is 15.0 Å². The van der Waals surface area contributed by atoms with E-state index >= 15 is 0 Å². The van der Waals surface area contributed by atoms with Crippen LogP contribution in [0.5, 0.6) is 0 Å². The molecule has 9 aromatic carbocycles. The molecule has 0 aliphatic rings. The van der Waals surface area contributed by atoms with Gasteiger partial charge in [-0.3, -0.25) is 0 Å². The molecule has 0 spiro atoms. The molecule has 3 heterocycles. The Labute approximate surface area is 334 Å². The smallest absolute Gasteiger partial charge is 0.161 e. The maximum atomic E-state index is 5.35. The van der Waals surface area contributed by atoms with Crippen LogP contribution in [0.2, 0.25) is 0 Å². The highest BCUT2D eigenvalue weighted by atomic mass is 14.9. The highest BCUT2D eigenvalue weighted by Crippen LogP contribution is 2.44. The molecule has 58 heavy (non-hydrogen) atoms. The van der Waals surface area contributed by atoms with E-state index < -0.39 is 0 Å². The first-order chi connectivity index (χ1) is 28.7. The summed E-state index contributed by atoms with van der Waals surface area (Å²) in [6.07, 6.45) is 0. The van der Waals surface area contributed by atoms with Crippen molar-refractivity contribution in [3.8, 4) is 44.8 Å². The summed E-state index contributed by atoms with van der Waals surface area (Å²) in [5.74, 6) is 0. The van der Waals surface area contributed by atoms with E-state index in [-0.39, 0.29) is 0 Å². The highest BCUT2D eigenvalue weighted by molar-refractivity contribution is 6.21. The fraction of sp³-hybridized carbons (Fsp3) is 0. The molecule has 0 radical (unpaired) electrons. The van der Waals surface area contributed by atoms with Gasteiger partial charge in [0, 0.05) is 32.7 Å². The molecule has 0 atom stereocenters. The van der Waals surface area contributed by atoms with Gasteiger partial charge in [0.2, 0.25) is 0 Å². The van der Waals surface area contributed by atoms with Gasteiger partial charge in [0.15, 0.2) is 5.65 Å². The van der Waals surface area contributed by atoms with Crippen LogP contribution < -0.4 is 0 Å². The fourth-order valence-corrected chi connectivity index (χ4v) is 9.06. The van der Waals surface area contributed by atoms with Crippen LogP contribution in [-0.4, -0.2) is 15.0 Å². The van der Waals surface area contributed by atoms with E-state index in [9.17, 15) is 0 Å². The third-order valence-electron chi connectivity index (χ3n) is 11.8. The Kier molecular flexibility index (Phi) is 7.23. The molecule has 3 aromatic heterocycles. The quantitative estimate of drug-likeness (QED) is 0.133. The molecule has 3 heteroatoms. The van der Waals surface area contributed by atoms with Crippen LogP contribution >= 0.6 is 0 Å². The Bertz CT molecular complexity index is 3550. The van der Waals surface area contributed by atoms with Gasteiger partial charge >= 0.3 is 0 Å². The van der Waals surface area contributed by atoms with E-state index in [1.807, 2.05) is 0 Å². The maximum Gasteiger partial charge on any atom is 0.161 e. The Morgan fingerprint density at radius 2 is 0.759 bits per heavy atom. The van der Waals surface area contributed by atoms with Crippen LogP contribution in [-0.2, 0) is 0 Å². The number of aromatic nitrogens is 3. The SMILES string of the molecule is c1ccc(-c2c3ccccc3c(-c3ccc(-c4nc5nc6c(ccc7ccc(-c8ccc9ccccc9c8)nc76)cc5c5ccccc45)cc3)c3ccccc23)cc1. The maximum absolute atomic E-state index is 5.35. The third kappa shape index (κ3) is 5.11. The minimum atomic E-state index is 0.712. The van der Waals surface area contributed by atoms with E-state index in [1.54, 1.807) is 0 Å². The molecule has 268 valence electrons. The first-order valence-electron chi connectivity index (χ1n) is 19.8. The molecule has 12 rings (SSSR count). The van der Waals surface area contributed by atoms with Crippen molar-refractivity contribution in [1.82, 2.24) is 15.0 Å². The van der Waals surface area contributed by atoms with Crippen molar-refractivity contribution in [3.05, 3.63) is 200 Å². The zero-order valence-corrected chi connectivity index (χ0v) is 31.4. The lowest BCUT2D eigenvalue weighted by Crippen LogP contribution is -1.95. The van der Waals surface area contributed by atoms with Gasteiger partial charge in [-0.15, -0.1) is 0 Å². The van der Waals surface area contributed by atoms with Crippen LogP contribution in [0.4, 0.5) is 0 Å². The van der Waals surface area contributed by atoms with E-state index in [0.29, 0.717) is 5.65 Å². The average molecular weight is 736 g/mol. The highest BCUT2D eigenvalue weighted by Gasteiger charge is 2.18. The number of pyridine rings is 3. The molecule has 0 bridgehead atoms. The fourth-order valence-electron chi connectivity index (χ4n) is 9.06. The van der Waals surface area contributed by atoms with Gasteiger partial charge in [-0.2, -0.15) is 0 Å². The predicted octanol–water partition coefficient (Wildman–Crippen LogP) is 14.6. The lowest BCUT2D eigenvalue weighted by molar-refractivity contribution is 1.33. The number of benzene rings is 9. The van der Waals surface area contributed by atoms with Crippen molar-refractivity contribution in [2.24, 2.45) is 0 Å². The summed E-state index contributed by atoms with van der Waals surface area (Å²) in [5, 5.41) is 12.8. The van der Waals surface area contributed by atoms with Gasteiger partial charge in [-0.05, 0) is 78.2 Å². The monoisotopic (exact) mass is 735 g/mol. The molecule has 0 aliphatic carbocycles. The molecule has 0 saturated heterocycles. The molecule has 0 aliphatic heterocycles. The molecule has 0 N–H and O–H groups in total. The summed E-state index contributed by atoms with van der Waals surface area (Å²) < 4.78 is 0. The van der Waals surface area contributed by atoms with Crippen LogP contribution in [0, 0.1) is 0 Å². The van der Waals surface area contributed by atoms with E-state index in [2.05, 4.69) is 200 Å². The molecule has 0 unspecified atom stereocenters. The van der Waals surface area contributed by atoms with Crippen molar-refractivity contribution < 1.29 is 0 Å². The number of nitrogens with zero attached hydrogens (tertiary/aromatic N) is 3. The minimum absolute atomic E-state index is 0.712. The summed E-state index contributed by atoms with van der Waals surface area (Å²) >= 11 is 0. The summed E-state index contributed by atoms with van der Waals surface area (Å²) in [4.78, 5) is 15.9. The van der Waals surface area contributed by atoms with Crippen LogP contribution in [0.25, 0.3) is 121 Å². The second kappa shape index (κ2) is 12.9. The van der Waals surface area contributed by atoms with Gasteiger partial charge in [0.25, 0.3) is 0 Å². The van der Waals surface area contributed by atoms with E-state index in [4.69, 9.17) is 15.0 Å². The molecule has 0 fully saturated rings. The summed E-state index contributed by atoms with van der Waals surface area (Å²) in [6.45, 7) is 0. The number of fused-ring (bicyclic) bond motifs is 9. The van der Waals surface area contributed by atoms with Crippen LogP contribution in [0.3, 0.4) is 0 Å². The van der Waals surface area contributed by atoms with Gasteiger partial charge in [0.1, 0.15) is 0 Å². The first kappa shape index (κ1) is 32.5. The van der Waals surface area contributed by atoms with E-state index in [1.165, 1.54) is 54.6 Å². The third-order valence-corrected chi connectivity index (χ3v) is 11.8. The van der Waals surface area contributed by atoms with Crippen molar-refractivity contribution >= 4 is 75.9 Å².